The van der Waals surface area contributed by atoms with Gasteiger partial charge < -0.3 is 10.2 Å². The van der Waals surface area contributed by atoms with Crippen molar-refractivity contribution >= 4 is 80.6 Å². The van der Waals surface area contributed by atoms with E-state index >= 15 is 0 Å². The van der Waals surface area contributed by atoms with E-state index in [4.69, 9.17) is 24.4 Å². The van der Waals surface area contributed by atoms with Crippen LogP contribution in [-0.2, 0) is 16.0 Å². The quantitative estimate of drug-likeness (QED) is 0.248. The summed E-state index contributed by atoms with van der Waals surface area (Å²) < 4.78 is 0.898. The summed E-state index contributed by atoms with van der Waals surface area (Å²) in [6, 6.07) is 10.4. The molecule has 2 aliphatic rings. The Morgan fingerprint density at radius 2 is 1.16 bits per heavy atom. The number of rotatable bonds is 8. The summed E-state index contributed by atoms with van der Waals surface area (Å²) in [6.07, 6.45) is 6.99. The molecule has 0 aromatic heterocycles. The normalized spacial score (nSPS) is 17.9. The minimum atomic E-state index is -0.221. The summed E-state index contributed by atoms with van der Waals surface area (Å²) in [5.74, 6) is -0.348. The van der Waals surface area contributed by atoms with Gasteiger partial charge in [0.15, 0.2) is 0 Å². The highest BCUT2D eigenvalue weighted by atomic mass is 32.2. The van der Waals surface area contributed by atoms with Crippen LogP contribution in [0.4, 0.5) is 0 Å². The van der Waals surface area contributed by atoms with Gasteiger partial charge in [0, 0.05) is 24.2 Å². The number of benzene rings is 2. The first-order valence-corrected chi connectivity index (χ1v) is 13.5. The number of phenolic OH excluding ortho intramolecular Hbond substituents is 2. The van der Waals surface area contributed by atoms with E-state index in [1.54, 1.807) is 48.6 Å². The van der Waals surface area contributed by atoms with Gasteiger partial charge in [-0.1, -0.05) is 72.2 Å². The van der Waals surface area contributed by atoms with Gasteiger partial charge in [0.2, 0.25) is 0 Å². The van der Waals surface area contributed by atoms with Crippen LogP contribution in [0, 0.1) is 0 Å². The zero-order chi connectivity index (χ0) is 26.7. The number of nitrogens with zero attached hydrogens (tertiary/aromatic N) is 2. The second-order valence-corrected chi connectivity index (χ2v) is 11.5. The third-order valence-corrected chi connectivity index (χ3v) is 8.29. The van der Waals surface area contributed by atoms with Gasteiger partial charge in [0.1, 0.15) is 20.1 Å². The monoisotopic (exact) mass is 566 g/mol. The van der Waals surface area contributed by atoms with E-state index < -0.39 is 0 Å². The Balaban J connectivity index is 1.58. The minimum Gasteiger partial charge on any atom is -0.507 e. The highest BCUT2D eigenvalue weighted by Gasteiger charge is 2.32. The Morgan fingerprint density at radius 1 is 0.757 bits per heavy atom. The van der Waals surface area contributed by atoms with Crippen LogP contribution < -0.4 is 0 Å². The van der Waals surface area contributed by atoms with Gasteiger partial charge in [-0.15, -0.1) is 13.2 Å². The fourth-order valence-electron chi connectivity index (χ4n) is 3.75. The molecule has 2 amide bonds. The molecule has 2 heterocycles. The predicted molar refractivity (Wildman–Crippen MR) is 159 cm³/mol. The highest BCUT2D eigenvalue weighted by Crippen LogP contribution is 2.36. The molecule has 2 saturated heterocycles. The maximum atomic E-state index is 12.7. The van der Waals surface area contributed by atoms with Gasteiger partial charge in [-0.3, -0.25) is 19.4 Å². The summed E-state index contributed by atoms with van der Waals surface area (Å²) in [6.45, 7) is 7.97. The smallest absolute Gasteiger partial charge is 0.266 e. The lowest BCUT2D eigenvalue weighted by Gasteiger charge is -2.10. The highest BCUT2D eigenvalue weighted by molar-refractivity contribution is 8.27. The molecule has 0 radical (unpaired) electrons. The van der Waals surface area contributed by atoms with Crippen molar-refractivity contribution in [2.24, 2.45) is 0 Å². The van der Waals surface area contributed by atoms with E-state index in [0.717, 1.165) is 11.1 Å². The van der Waals surface area contributed by atoms with Crippen LogP contribution in [0.1, 0.15) is 22.3 Å². The molecular formula is C27H22N2O4S4. The first-order valence-electron chi connectivity index (χ1n) is 11.1. The zero-order valence-electron chi connectivity index (χ0n) is 19.5. The molecule has 37 heavy (non-hydrogen) atoms. The van der Waals surface area contributed by atoms with Crippen molar-refractivity contribution in [1.29, 1.82) is 0 Å². The van der Waals surface area contributed by atoms with Gasteiger partial charge >= 0.3 is 0 Å². The lowest BCUT2D eigenvalue weighted by Crippen LogP contribution is -2.27. The van der Waals surface area contributed by atoms with Crippen molar-refractivity contribution < 1.29 is 19.8 Å². The number of hydrogen-bond donors (Lipinski definition) is 2. The number of thioether (sulfide) groups is 2. The standard InChI is InChI=1S/C27H22N2O4S4/c1-3-9-28-24(32)22(36-26(28)34)14-18-12-16(5-7-20(18)30)11-17-6-8-21(31)19(13-17)15-23-25(33)29(10-4-2)27(35)37-23/h3-8,12-15,30-31H,1-2,9-11H2/b22-14-,23-15-. The van der Waals surface area contributed by atoms with E-state index in [2.05, 4.69) is 13.2 Å². The van der Waals surface area contributed by atoms with Gasteiger partial charge in [0.05, 0.1) is 9.81 Å². The van der Waals surface area contributed by atoms with Crippen molar-refractivity contribution in [3.8, 4) is 11.5 Å². The SMILES string of the molecule is C=CCN1C(=O)/C(=C/c2cc(Cc3ccc(O)c(/C=C4\SC(=S)N(CC=C)C4=O)c3)ccc2O)SC1=S. The lowest BCUT2D eigenvalue weighted by molar-refractivity contribution is -0.122. The number of thiocarbonyl (C=S) groups is 2. The second kappa shape index (κ2) is 11.5. The molecule has 0 saturated carbocycles. The molecule has 2 N–H and O–H groups in total. The molecule has 0 atom stereocenters. The van der Waals surface area contributed by atoms with E-state index in [0.29, 0.717) is 49.1 Å². The summed E-state index contributed by atoms with van der Waals surface area (Å²) in [5.41, 5.74) is 2.78. The molecule has 2 aromatic carbocycles. The Bertz CT molecular complexity index is 1310. The fraction of sp³-hybridized carbons (Fsp3) is 0.111. The van der Waals surface area contributed by atoms with Crippen LogP contribution in [0.2, 0.25) is 0 Å². The number of carbonyl (C=O) groups excluding carboxylic acids is 2. The van der Waals surface area contributed by atoms with E-state index in [1.165, 1.54) is 33.3 Å². The maximum absolute atomic E-state index is 12.7. The van der Waals surface area contributed by atoms with Crippen LogP contribution >= 0.6 is 48.0 Å². The van der Waals surface area contributed by atoms with Crippen molar-refractivity contribution in [2.75, 3.05) is 13.1 Å². The first-order chi connectivity index (χ1) is 17.7. The molecule has 0 bridgehead atoms. The Hall–Kier alpha value is -3.18. The minimum absolute atomic E-state index is 0.0469. The topological polar surface area (TPSA) is 81.1 Å². The molecule has 0 aliphatic carbocycles. The molecular weight excluding hydrogens is 545 g/mol. The van der Waals surface area contributed by atoms with Crippen LogP contribution in [0.15, 0.2) is 71.5 Å². The van der Waals surface area contributed by atoms with E-state index in [-0.39, 0.29) is 23.3 Å². The van der Waals surface area contributed by atoms with E-state index in [1.807, 2.05) is 12.1 Å². The average Bonchev–Trinajstić information content (AvgIpc) is 3.28. The molecule has 4 rings (SSSR count). The first kappa shape index (κ1) is 26.9. The Kier molecular flexibility index (Phi) is 8.33. The molecule has 6 nitrogen and oxygen atoms in total. The number of hydrogen-bond acceptors (Lipinski definition) is 8. The van der Waals surface area contributed by atoms with Crippen molar-refractivity contribution in [2.45, 2.75) is 6.42 Å². The number of amides is 2. The van der Waals surface area contributed by atoms with Crippen molar-refractivity contribution in [3.05, 3.63) is 93.8 Å². The molecule has 10 heteroatoms. The van der Waals surface area contributed by atoms with Crippen molar-refractivity contribution in [3.63, 3.8) is 0 Å². The third kappa shape index (κ3) is 5.88. The molecule has 0 spiro atoms. The van der Waals surface area contributed by atoms with Crippen LogP contribution in [0.25, 0.3) is 12.2 Å². The molecule has 0 unspecified atom stereocenters. The van der Waals surface area contributed by atoms with Gasteiger partial charge in [-0.05, 0) is 54.0 Å². The van der Waals surface area contributed by atoms with E-state index in [9.17, 15) is 19.8 Å². The average molecular weight is 567 g/mol. The summed E-state index contributed by atoms with van der Waals surface area (Å²) >= 11 is 12.9. The van der Waals surface area contributed by atoms with Crippen LogP contribution in [0.3, 0.4) is 0 Å². The number of phenols is 2. The molecule has 188 valence electrons. The molecule has 2 aromatic rings. The fourth-order valence-corrected chi connectivity index (χ4v) is 6.28. The molecule has 2 aliphatic heterocycles. The number of aromatic hydroxyl groups is 2. The zero-order valence-corrected chi connectivity index (χ0v) is 22.8. The van der Waals surface area contributed by atoms with Crippen LogP contribution in [-0.4, -0.2) is 53.6 Å². The summed E-state index contributed by atoms with van der Waals surface area (Å²) in [7, 11) is 0. The maximum Gasteiger partial charge on any atom is 0.266 e. The van der Waals surface area contributed by atoms with Gasteiger partial charge in [0.25, 0.3) is 11.8 Å². The predicted octanol–water partition coefficient (Wildman–Crippen LogP) is 5.46. The Labute approximate surface area is 234 Å². The molecule has 2 fully saturated rings. The Morgan fingerprint density at radius 3 is 1.54 bits per heavy atom. The van der Waals surface area contributed by atoms with Gasteiger partial charge in [-0.2, -0.15) is 0 Å². The summed E-state index contributed by atoms with van der Waals surface area (Å²) in [4.78, 5) is 29.1. The largest absolute Gasteiger partial charge is 0.507 e. The second-order valence-electron chi connectivity index (χ2n) is 8.13. The van der Waals surface area contributed by atoms with Gasteiger partial charge in [-0.25, -0.2) is 0 Å². The lowest BCUT2D eigenvalue weighted by atomic mass is 9.99. The van der Waals surface area contributed by atoms with Crippen LogP contribution in [0.5, 0.6) is 11.5 Å². The summed E-state index contributed by atoms with van der Waals surface area (Å²) in [5, 5.41) is 20.8. The van der Waals surface area contributed by atoms with Crippen molar-refractivity contribution in [1.82, 2.24) is 9.80 Å². The number of carbonyl (C=O) groups is 2. The third-order valence-electron chi connectivity index (χ3n) is 5.54.